The Morgan fingerprint density at radius 2 is 2.07 bits per heavy atom. The number of aromatic nitrogens is 2. The fourth-order valence-corrected chi connectivity index (χ4v) is 2.56. The van der Waals surface area contributed by atoms with Gasteiger partial charge in [-0.3, -0.25) is 4.79 Å². The Bertz CT molecular complexity index is 325. The average molecular weight is 210 g/mol. The van der Waals surface area contributed by atoms with Crippen LogP contribution >= 0.6 is 11.8 Å². The molecule has 2 rings (SSSR count). The van der Waals surface area contributed by atoms with Gasteiger partial charge in [-0.1, -0.05) is 11.8 Å². The van der Waals surface area contributed by atoms with Crippen molar-refractivity contribution in [1.29, 1.82) is 0 Å². The second-order valence-electron chi connectivity index (χ2n) is 3.28. The van der Waals surface area contributed by atoms with E-state index in [0.29, 0.717) is 5.25 Å². The molecule has 1 aliphatic rings. The molecule has 1 aromatic rings. The molecule has 74 valence electrons. The van der Waals surface area contributed by atoms with Gasteiger partial charge in [-0.05, 0) is 18.9 Å². The van der Waals surface area contributed by atoms with Crippen molar-refractivity contribution in [1.82, 2.24) is 9.97 Å². The Hall–Kier alpha value is -1.10. The standard InChI is InChI=1S/C9H10N2O2S/c12-8(13)6-4-7(5-6)14-9-10-2-1-3-11-9/h1-3,6-7H,4-5H2,(H,12,13)/t6-,7+. The molecule has 0 aromatic carbocycles. The number of nitrogens with zero attached hydrogens (tertiary/aromatic N) is 2. The van der Waals surface area contributed by atoms with Crippen LogP contribution in [0.2, 0.25) is 0 Å². The summed E-state index contributed by atoms with van der Waals surface area (Å²) in [5.41, 5.74) is 0. The summed E-state index contributed by atoms with van der Waals surface area (Å²) in [6, 6.07) is 1.77. The van der Waals surface area contributed by atoms with E-state index in [1.807, 2.05) is 0 Å². The lowest BCUT2D eigenvalue weighted by molar-refractivity contribution is -0.144. The van der Waals surface area contributed by atoms with E-state index in [0.717, 1.165) is 18.0 Å². The number of hydrogen-bond donors (Lipinski definition) is 1. The lowest BCUT2D eigenvalue weighted by atomic mass is 9.85. The molecule has 1 saturated carbocycles. The van der Waals surface area contributed by atoms with Crippen molar-refractivity contribution < 1.29 is 9.90 Å². The molecule has 1 N–H and O–H groups in total. The number of carboxylic acid groups (broad SMARTS) is 1. The lowest BCUT2D eigenvalue weighted by Gasteiger charge is -2.30. The number of carboxylic acids is 1. The summed E-state index contributed by atoms with van der Waals surface area (Å²) < 4.78 is 0. The molecule has 1 aromatic heterocycles. The predicted octanol–water partition coefficient (Wildman–Crippen LogP) is 1.43. The van der Waals surface area contributed by atoms with E-state index < -0.39 is 5.97 Å². The molecule has 1 fully saturated rings. The van der Waals surface area contributed by atoms with Gasteiger partial charge in [0.05, 0.1) is 5.92 Å². The zero-order valence-corrected chi connectivity index (χ0v) is 8.28. The molecule has 4 nitrogen and oxygen atoms in total. The first-order valence-corrected chi connectivity index (χ1v) is 5.30. The molecule has 0 bridgehead atoms. The fraction of sp³-hybridized carbons (Fsp3) is 0.444. The third kappa shape index (κ3) is 2.04. The van der Waals surface area contributed by atoms with Gasteiger partial charge in [-0.25, -0.2) is 9.97 Å². The maximum atomic E-state index is 10.5. The molecule has 1 heterocycles. The summed E-state index contributed by atoms with van der Waals surface area (Å²) in [5.74, 6) is -0.841. The summed E-state index contributed by atoms with van der Waals surface area (Å²) in [4.78, 5) is 18.7. The second-order valence-corrected chi connectivity index (χ2v) is 4.55. The summed E-state index contributed by atoms with van der Waals surface area (Å²) >= 11 is 1.57. The highest BCUT2D eigenvalue weighted by Crippen LogP contribution is 2.39. The average Bonchev–Trinajstić information content (AvgIpc) is 2.12. The van der Waals surface area contributed by atoms with Crippen LogP contribution in [-0.4, -0.2) is 26.3 Å². The minimum Gasteiger partial charge on any atom is -0.481 e. The molecule has 0 atom stereocenters. The Balaban J connectivity index is 1.82. The maximum Gasteiger partial charge on any atom is 0.306 e. The zero-order chi connectivity index (χ0) is 9.97. The van der Waals surface area contributed by atoms with Crippen molar-refractivity contribution in [2.45, 2.75) is 23.2 Å². The van der Waals surface area contributed by atoms with Crippen molar-refractivity contribution >= 4 is 17.7 Å². The first kappa shape index (κ1) is 9.45. The molecule has 0 spiro atoms. The van der Waals surface area contributed by atoms with Crippen LogP contribution in [0.25, 0.3) is 0 Å². The van der Waals surface area contributed by atoms with Crippen molar-refractivity contribution in [3.63, 3.8) is 0 Å². The Labute approximate surface area is 85.8 Å². The van der Waals surface area contributed by atoms with E-state index in [-0.39, 0.29) is 5.92 Å². The number of carbonyl (C=O) groups is 1. The quantitative estimate of drug-likeness (QED) is 0.765. The lowest BCUT2D eigenvalue weighted by Crippen LogP contribution is -2.32. The van der Waals surface area contributed by atoms with Crippen molar-refractivity contribution in [3.05, 3.63) is 18.5 Å². The zero-order valence-electron chi connectivity index (χ0n) is 7.46. The van der Waals surface area contributed by atoms with Crippen LogP contribution in [0.15, 0.2) is 23.6 Å². The molecule has 1 aliphatic carbocycles. The molecule has 0 unspecified atom stereocenters. The van der Waals surface area contributed by atoms with Crippen LogP contribution in [0, 0.1) is 5.92 Å². The number of hydrogen-bond acceptors (Lipinski definition) is 4. The first-order chi connectivity index (χ1) is 6.75. The monoisotopic (exact) mass is 210 g/mol. The minimum atomic E-state index is -0.684. The highest BCUT2D eigenvalue weighted by molar-refractivity contribution is 7.99. The summed E-state index contributed by atoms with van der Waals surface area (Å²) in [5, 5.41) is 9.79. The number of thioether (sulfide) groups is 1. The molecule has 5 heteroatoms. The van der Waals surface area contributed by atoms with E-state index in [9.17, 15) is 4.79 Å². The highest BCUT2D eigenvalue weighted by Gasteiger charge is 2.35. The van der Waals surface area contributed by atoms with Gasteiger partial charge in [0.15, 0.2) is 5.16 Å². The van der Waals surface area contributed by atoms with E-state index in [2.05, 4.69) is 9.97 Å². The molecular formula is C9H10N2O2S. The van der Waals surface area contributed by atoms with Gasteiger partial charge >= 0.3 is 5.97 Å². The Morgan fingerprint density at radius 3 is 2.64 bits per heavy atom. The SMILES string of the molecule is O=C(O)[C@H]1C[C@@H](Sc2ncccn2)C1. The van der Waals surface area contributed by atoms with Gasteiger partial charge in [0, 0.05) is 17.6 Å². The van der Waals surface area contributed by atoms with Crippen LogP contribution in [0.5, 0.6) is 0 Å². The first-order valence-electron chi connectivity index (χ1n) is 4.42. The van der Waals surface area contributed by atoms with E-state index in [4.69, 9.17) is 5.11 Å². The Morgan fingerprint density at radius 1 is 1.43 bits per heavy atom. The van der Waals surface area contributed by atoms with Crippen molar-refractivity contribution in [2.75, 3.05) is 0 Å². The van der Waals surface area contributed by atoms with Crippen LogP contribution in [0.1, 0.15) is 12.8 Å². The third-order valence-corrected chi connectivity index (χ3v) is 3.40. The molecule has 14 heavy (non-hydrogen) atoms. The summed E-state index contributed by atoms with van der Waals surface area (Å²) in [6.07, 6.45) is 4.86. The molecule has 0 amide bonds. The predicted molar refractivity (Wildman–Crippen MR) is 52.0 cm³/mol. The second kappa shape index (κ2) is 3.96. The third-order valence-electron chi connectivity index (χ3n) is 2.26. The van der Waals surface area contributed by atoms with E-state index >= 15 is 0 Å². The van der Waals surface area contributed by atoms with Crippen LogP contribution in [0.3, 0.4) is 0 Å². The number of aliphatic carboxylic acids is 1. The summed E-state index contributed by atoms with van der Waals surface area (Å²) in [6.45, 7) is 0. The molecule has 0 aliphatic heterocycles. The molecular weight excluding hydrogens is 200 g/mol. The maximum absolute atomic E-state index is 10.5. The van der Waals surface area contributed by atoms with Crippen molar-refractivity contribution in [2.24, 2.45) is 5.92 Å². The topological polar surface area (TPSA) is 63.1 Å². The fourth-order valence-electron chi connectivity index (χ4n) is 1.36. The van der Waals surface area contributed by atoms with Gasteiger partial charge in [-0.15, -0.1) is 0 Å². The van der Waals surface area contributed by atoms with Gasteiger partial charge in [-0.2, -0.15) is 0 Å². The molecule has 0 radical (unpaired) electrons. The highest BCUT2D eigenvalue weighted by atomic mass is 32.2. The van der Waals surface area contributed by atoms with Gasteiger partial charge < -0.3 is 5.11 Å². The number of rotatable bonds is 3. The van der Waals surface area contributed by atoms with E-state index in [1.165, 1.54) is 0 Å². The van der Waals surface area contributed by atoms with Crippen LogP contribution in [0.4, 0.5) is 0 Å². The smallest absolute Gasteiger partial charge is 0.306 e. The van der Waals surface area contributed by atoms with Gasteiger partial charge in [0.1, 0.15) is 0 Å². The van der Waals surface area contributed by atoms with Gasteiger partial charge in [0.25, 0.3) is 0 Å². The van der Waals surface area contributed by atoms with Crippen LogP contribution in [-0.2, 0) is 4.79 Å². The minimum absolute atomic E-state index is 0.156. The normalized spacial score (nSPS) is 25.4. The van der Waals surface area contributed by atoms with Crippen LogP contribution < -0.4 is 0 Å². The summed E-state index contributed by atoms with van der Waals surface area (Å²) in [7, 11) is 0. The Kier molecular flexibility index (Phi) is 2.67. The van der Waals surface area contributed by atoms with Crippen molar-refractivity contribution in [3.8, 4) is 0 Å². The largest absolute Gasteiger partial charge is 0.481 e. The van der Waals surface area contributed by atoms with E-state index in [1.54, 1.807) is 30.2 Å². The molecule has 0 saturated heterocycles. The van der Waals surface area contributed by atoms with Gasteiger partial charge in [0.2, 0.25) is 0 Å².